The third kappa shape index (κ3) is 7.70. The van der Waals surface area contributed by atoms with Gasteiger partial charge in [0.1, 0.15) is 0 Å². The fourth-order valence-corrected chi connectivity index (χ4v) is 3.06. The second kappa shape index (κ2) is 10.9. The van der Waals surface area contributed by atoms with E-state index in [1.165, 1.54) is 44.1 Å². The Bertz CT molecular complexity index is 430. The van der Waals surface area contributed by atoms with Crippen LogP contribution in [0.5, 0.6) is 0 Å². The van der Waals surface area contributed by atoms with Gasteiger partial charge in [-0.15, -0.1) is 12.4 Å². The molecule has 0 N–H and O–H groups in total. The lowest BCUT2D eigenvalue weighted by Gasteiger charge is -2.26. The van der Waals surface area contributed by atoms with Crippen molar-refractivity contribution in [3.05, 3.63) is 42.0 Å². The Morgan fingerprint density at radius 2 is 1.86 bits per heavy atom. The van der Waals surface area contributed by atoms with Crippen LogP contribution < -0.4 is 0 Å². The molecule has 2 nitrogen and oxygen atoms in total. The van der Waals surface area contributed by atoms with E-state index in [2.05, 4.69) is 4.90 Å². The van der Waals surface area contributed by atoms with Crippen molar-refractivity contribution < 1.29 is 4.79 Å². The molecule has 0 aromatic heterocycles. The van der Waals surface area contributed by atoms with Crippen LogP contribution in [0.25, 0.3) is 6.08 Å². The maximum atomic E-state index is 11.7. The van der Waals surface area contributed by atoms with E-state index in [1.807, 2.05) is 36.4 Å². The fourth-order valence-electron chi connectivity index (χ4n) is 2.42. The van der Waals surface area contributed by atoms with Crippen LogP contribution in [0.1, 0.15) is 31.2 Å². The Hall–Kier alpha value is -0.770. The molecule has 0 atom stereocenters. The Morgan fingerprint density at radius 1 is 1.14 bits per heavy atom. The van der Waals surface area contributed by atoms with E-state index < -0.39 is 0 Å². The van der Waals surface area contributed by atoms with E-state index in [4.69, 9.17) is 0 Å². The molecule has 1 fully saturated rings. The summed E-state index contributed by atoms with van der Waals surface area (Å²) in [5.41, 5.74) is 1.08. The third-order valence-corrected chi connectivity index (χ3v) is 4.44. The number of carbonyl (C=O) groups is 1. The molecular weight excluding hydrogens is 302 g/mol. The maximum absolute atomic E-state index is 11.7. The molecule has 0 saturated carbocycles. The van der Waals surface area contributed by atoms with E-state index in [1.54, 1.807) is 6.08 Å². The summed E-state index contributed by atoms with van der Waals surface area (Å²) in [6, 6.07) is 9.95. The van der Waals surface area contributed by atoms with Gasteiger partial charge in [0.25, 0.3) is 0 Å². The molecule has 0 aliphatic carbocycles. The molecular formula is C17H24ClNOS. The average Bonchev–Trinajstić information content (AvgIpc) is 2.52. The van der Waals surface area contributed by atoms with Crippen molar-refractivity contribution in [2.45, 2.75) is 25.7 Å². The van der Waals surface area contributed by atoms with Gasteiger partial charge in [0.15, 0.2) is 0 Å². The molecule has 1 aliphatic rings. The summed E-state index contributed by atoms with van der Waals surface area (Å²) in [6.07, 6.45) is 8.74. The number of rotatable bonds is 6. The van der Waals surface area contributed by atoms with E-state index in [0.717, 1.165) is 24.3 Å². The molecule has 0 unspecified atom stereocenters. The van der Waals surface area contributed by atoms with Gasteiger partial charge in [0.05, 0.1) is 0 Å². The summed E-state index contributed by atoms with van der Waals surface area (Å²) in [7, 11) is 0. The smallest absolute Gasteiger partial charge is 0.212 e. The standard InChI is InChI=1S/C17H23NOS.ClH/c19-17(11-10-16-8-3-1-4-9-16)20-15-7-14-18-12-5-2-6-13-18;/h1,3-4,8-11H,2,5-7,12-15H2;1H/b11-10+;. The highest BCUT2D eigenvalue weighted by atomic mass is 35.5. The second-order valence-corrected chi connectivity index (χ2v) is 6.27. The quantitative estimate of drug-likeness (QED) is 0.576. The lowest BCUT2D eigenvalue weighted by atomic mass is 10.1. The Kier molecular flexibility index (Phi) is 9.48. The van der Waals surface area contributed by atoms with Crippen molar-refractivity contribution in [2.75, 3.05) is 25.4 Å². The highest BCUT2D eigenvalue weighted by molar-refractivity contribution is 8.14. The SMILES string of the molecule is Cl.O=C(/C=C/c1ccccc1)SCCCN1CCCCC1. The molecule has 4 heteroatoms. The summed E-state index contributed by atoms with van der Waals surface area (Å²) >= 11 is 1.43. The minimum atomic E-state index is 0. The zero-order valence-electron chi connectivity index (χ0n) is 12.4. The fraction of sp³-hybridized carbons (Fsp3) is 0.471. The monoisotopic (exact) mass is 325 g/mol. The van der Waals surface area contributed by atoms with Crippen molar-refractivity contribution in [1.82, 2.24) is 4.90 Å². The highest BCUT2D eigenvalue weighted by Gasteiger charge is 2.09. The predicted molar refractivity (Wildman–Crippen MR) is 95.1 cm³/mol. The lowest BCUT2D eigenvalue weighted by molar-refractivity contribution is -0.107. The normalized spacial score (nSPS) is 15.8. The van der Waals surface area contributed by atoms with E-state index in [0.29, 0.717) is 0 Å². The number of carbonyl (C=O) groups excluding carboxylic acids is 1. The first kappa shape index (κ1) is 18.3. The molecule has 0 spiro atoms. The van der Waals surface area contributed by atoms with Gasteiger partial charge in [-0.05, 0) is 50.5 Å². The Balaban J connectivity index is 0.00000220. The summed E-state index contributed by atoms with van der Waals surface area (Å²) in [5, 5.41) is 0.160. The molecule has 1 aromatic carbocycles. The summed E-state index contributed by atoms with van der Waals surface area (Å²) in [4.78, 5) is 14.3. The Morgan fingerprint density at radius 3 is 2.57 bits per heavy atom. The molecule has 21 heavy (non-hydrogen) atoms. The molecule has 1 aliphatic heterocycles. The van der Waals surface area contributed by atoms with Gasteiger partial charge in [0.2, 0.25) is 5.12 Å². The van der Waals surface area contributed by atoms with Gasteiger partial charge in [-0.25, -0.2) is 0 Å². The molecule has 1 aromatic rings. The largest absolute Gasteiger partial charge is 0.303 e. The molecule has 2 rings (SSSR count). The number of thioether (sulfide) groups is 1. The molecule has 0 amide bonds. The molecule has 0 bridgehead atoms. The first-order valence-corrected chi connectivity index (χ1v) is 8.45. The first-order chi connectivity index (χ1) is 9.84. The van der Waals surface area contributed by atoms with Gasteiger partial charge in [0, 0.05) is 5.75 Å². The van der Waals surface area contributed by atoms with Crippen molar-refractivity contribution in [1.29, 1.82) is 0 Å². The highest BCUT2D eigenvalue weighted by Crippen LogP contribution is 2.12. The zero-order chi connectivity index (χ0) is 14.0. The minimum absolute atomic E-state index is 0. The first-order valence-electron chi connectivity index (χ1n) is 7.47. The van der Waals surface area contributed by atoms with Crippen molar-refractivity contribution in [2.24, 2.45) is 0 Å². The number of likely N-dealkylation sites (tertiary alicyclic amines) is 1. The molecule has 0 radical (unpaired) electrons. The van der Waals surface area contributed by atoms with Crippen LogP contribution in [0, 0.1) is 0 Å². The molecule has 1 saturated heterocycles. The number of piperidine rings is 1. The zero-order valence-corrected chi connectivity index (χ0v) is 14.0. The second-order valence-electron chi connectivity index (χ2n) is 5.17. The maximum Gasteiger partial charge on any atom is 0.212 e. The van der Waals surface area contributed by atoms with E-state index in [9.17, 15) is 4.79 Å². The van der Waals surface area contributed by atoms with Gasteiger partial charge in [-0.3, -0.25) is 4.79 Å². The number of nitrogens with zero attached hydrogens (tertiary/aromatic N) is 1. The third-order valence-electron chi connectivity index (χ3n) is 3.52. The van der Waals surface area contributed by atoms with Gasteiger partial charge in [-0.2, -0.15) is 0 Å². The van der Waals surface area contributed by atoms with E-state index in [-0.39, 0.29) is 17.5 Å². The van der Waals surface area contributed by atoms with Crippen LogP contribution in [0.4, 0.5) is 0 Å². The van der Waals surface area contributed by atoms with Gasteiger partial charge >= 0.3 is 0 Å². The van der Waals surface area contributed by atoms with Crippen molar-refractivity contribution in [3.63, 3.8) is 0 Å². The number of hydrogen-bond acceptors (Lipinski definition) is 3. The van der Waals surface area contributed by atoms with Crippen LogP contribution in [0.2, 0.25) is 0 Å². The predicted octanol–water partition coefficient (Wildman–Crippen LogP) is 4.26. The van der Waals surface area contributed by atoms with E-state index >= 15 is 0 Å². The molecule has 116 valence electrons. The summed E-state index contributed by atoms with van der Waals surface area (Å²) in [5.74, 6) is 0.925. The Labute approximate surface area is 138 Å². The van der Waals surface area contributed by atoms with Crippen molar-refractivity contribution in [3.8, 4) is 0 Å². The van der Waals surface area contributed by atoms with Crippen molar-refractivity contribution >= 4 is 35.4 Å². The topological polar surface area (TPSA) is 20.3 Å². The molecule has 1 heterocycles. The van der Waals surface area contributed by atoms with Crippen LogP contribution in [0.3, 0.4) is 0 Å². The average molecular weight is 326 g/mol. The van der Waals surface area contributed by atoms with Crippen LogP contribution in [-0.2, 0) is 4.79 Å². The van der Waals surface area contributed by atoms with Crippen LogP contribution in [0.15, 0.2) is 36.4 Å². The van der Waals surface area contributed by atoms with Gasteiger partial charge in [-0.1, -0.05) is 54.6 Å². The number of hydrogen-bond donors (Lipinski definition) is 0. The lowest BCUT2D eigenvalue weighted by Crippen LogP contribution is -2.30. The number of halogens is 1. The summed E-state index contributed by atoms with van der Waals surface area (Å²) in [6.45, 7) is 3.63. The number of benzene rings is 1. The summed E-state index contributed by atoms with van der Waals surface area (Å²) < 4.78 is 0. The van der Waals surface area contributed by atoms with Crippen LogP contribution in [-0.4, -0.2) is 35.4 Å². The van der Waals surface area contributed by atoms with Crippen LogP contribution >= 0.6 is 24.2 Å². The van der Waals surface area contributed by atoms with Gasteiger partial charge < -0.3 is 4.90 Å². The minimum Gasteiger partial charge on any atom is -0.303 e.